The van der Waals surface area contributed by atoms with Crippen molar-refractivity contribution in [3.05, 3.63) is 73.8 Å². The van der Waals surface area contributed by atoms with E-state index in [9.17, 15) is 10.2 Å². The van der Waals surface area contributed by atoms with Gasteiger partial charge in [0.2, 0.25) is 0 Å². The Morgan fingerprint density at radius 3 is 1.13 bits per heavy atom. The number of nitrogens with zero attached hydrogens (tertiary/aromatic N) is 3. The Balaban J connectivity index is 0.00000253. The third-order valence-electron chi connectivity index (χ3n) is 8.30. The molecule has 0 spiro atoms. The summed E-state index contributed by atoms with van der Waals surface area (Å²) >= 11 is 0. The number of phenolic OH excluding ortho intramolecular Hbond substituents is 2. The minimum Gasteiger partial charge on any atom is -0.508 e. The maximum Gasteiger partial charge on any atom is 0.167 e. The van der Waals surface area contributed by atoms with Crippen LogP contribution < -0.4 is 0 Å². The van der Waals surface area contributed by atoms with Crippen molar-refractivity contribution in [2.75, 3.05) is 0 Å². The van der Waals surface area contributed by atoms with E-state index >= 15 is 0 Å². The molecule has 6 nitrogen and oxygen atoms in total. The van der Waals surface area contributed by atoms with Gasteiger partial charge in [0.25, 0.3) is 0 Å². The zero-order chi connectivity index (χ0) is 26.6. The van der Waals surface area contributed by atoms with E-state index in [-0.39, 0.29) is 49.7 Å². The van der Waals surface area contributed by atoms with Crippen LogP contribution in [0.2, 0.25) is 0 Å². The van der Waals surface area contributed by atoms with E-state index in [1.54, 1.807) is 6.07 Å². The molecule has 0 aliphatic carbocycles. The van der Waals surface area contributed by atoms with Gasteiger partial charge in [-0.05, 0) is 137 Å². The standard InChI is InChI=1S/C31H35N3O2.H2O.Y/c1-14-16(3)20(7)27(21(8)17(14)4)30-32-29(25-12-11-24(35)13-26(25)36)33-31(34-30)28-22(9)18(5)15(2)19(6)23(28)10;;/h11-13,35-36H,1-10H3;1H2;. The summed E-state index contributed by atoms with van der Waals surface area (Å²) in [5.74, 6) is 1.44. The van der Waals surface area contributed by atoms with E-state index in [2.05, 4.69) is 69.2 Å². The topological polar surface area (TPSA) is 111 Å². The van der Waals surface area contributed by atoms with Crippen molar-refractivity contribution in [1.29, 1.82) is 0 Å². The van der Waals surface area contributed by atoms with E-state index in [1.807, 2.05) is 0 Å². The minimum atomic E-state index is -0.0764. The molecule has 3 aromatic carbocycles. The first-order valence-electron chi connectivity index (χ1n) is 12.3. The summed E-state index contributed by atoms with van der Waals surface area (Å²) in [6.45, 7) is 21.3. The van der Waals surface area contributed by atoms with Gasteiger partial charge in [0, 0.05) is 49.9 Å². The number of aromatic hydroxyl groups is 2. The monoisotopic (exact) mass is 588 g/mol. The molecular weight excluding hydrogens is 551 g/mol. The molecule has 197 valence electrons. The van der Waals surface area contributed by atoms with Gasteiger partial charge in [-0.1, -0.05) is 0 Å². The molecule has 1 aromatic heterocycles. The largest absolute Gasteiger partial charge is 0.508 e. The van der Waals surface area contributed by atoms with E-state index in [0.717, 1.165) is 33.4 Å². The van der Waals surface area contributed by atoms with Gasteiger partial charge in [-0.25, -0.2) is 15.0 Å². The van der Waals surface area contributed by atoms with E-state index in [4.69, 9.17) is 15.0 Å². The molecule has 4 aromatic rings. The van der Waals surface area contributed by atoms with Crippen LogP contribution in [-0.4, -0.2) is 30.6 Å². The summed E-state index contributed by atoms with van der Waals surface area (Å²) in [5.41, 5.74) is 14.4. The maximum absolute atomic E-state index is 10.7. The van der Waals surface area contributed by atoms with Gasteiger partial charge in [-0.15, -0.1) is 0 Å². The SMILES string of the molecule is Cc1c(C)c(C)c(-c2nc(-c3ccc(O)cc3O)nc(-c3c(C)c(C)c(C)c(C)c3C)n2)c(C)c1C.O.[Y]. The molecule has 0 atom stereocenters. The van der Waals surface area contributed by atoms with Crippen molar-refractivity contribution < 1.29 is 48.4 Å². The zero-order valence-corrected chi connectivity index (χ0v) is 26.9. The fourth-order valence-corrected chi connectivity index (χ4v) is 5.10. The summed E-state index contributed by atoms with van der Waals surface area (Å²) < 4.78 is 0. The van der Waals surface area contributed by atoms with Crippen molar-refractivity contribution in [2.24, 2.45) is 0 Å². The second-order valence-electron chi connectivity index (χ2n) is 10.0. The summed E-state index contributed by atoms with van der Waals surface area (Å²) in [6.07, 6.45) is 0. The summed E-state index contributed by atoms with van der Waals surface area (Å²) in [7, 11) is 0. The van der Waals surface area contributed by atoms with Crippen LogP contribution in [0.25, 0.3) is 34.2 Å². The van der Waals surface area contributed by atoms with Crippen molar-refractivity contribution in [3.63, 3.8) is 0 Å². The first-order chi connectivity index (χ1) is 16.8. The van der Waals surface area contributed by atoms with Gasteiger partial charge in [0.05, 0.1) is 5.56 Å². The van der Waals surface area contributed by atoms with Crippen LogP contribution in [0.15, 0.2) is 18.2 Å². The van der Waals surface area contributed by atoms with Crippen LogP contribution >= 0.6 is 0 Å². The second-order valence-corrected chi connectivity index (χ2v) is 10.0. The fourth-order valence-electron chi connectivity index (χ4n) is 5.10. The second kappa shape index (κ2) is 11.6. The maximum atomic E-state index is 10.7. The molecule has 0 aliphatic rings. The van der Waals surface area contributed by atoms with Crippen molar-refractivity contribution in [1.82, 2.24) is 15.0 Å². The molecule has 0 saturated carbocycles. The molecule has 0 saturated heterocycles. The third-order valence-corrected chi connectivity index (χ3v) is 8.30. The number of phenols is 2. The summed E-state index contributed by atoms with van der Waals surface area (Å²) in [5, 5.41) is 20.5. The van der Waals surface area contributed by atoms with Crippen LogP contribution in [0.4, 0.5) is 0 Å². The first-order valence-corrected chi connectivity index (χ1v) is 12.3. The van der Waals surface area contributed by atoms with Crippen LogP contribution in [0.5, 0.6) is 11.5 Å². The molecule has 4 rings (SSSR count). The summed E-state index contributed by atoms with van der Waals surface area (Å²) in [6, 6.07) is 4.49. The molecule has 0 aliphatic heterocycles. The van der Waals surface area contributed by atoms with Crippen molar-refractivity contribution in [3.8, 4) is 45.7 Å². The first kappa shape index (κ1) is 31.6. The zero-order valence-electron chi connectivity index (χ0n) is 24.0. The predicted octanol–water partition coefficient (Wildman–Crippen LogP) is 6.54. The van der Waals surface area contributed by atoms with Crippen molar-refractivity contribution >= 4 is 0 Å². The molecule has 0 amide bonds. The minimum absolute atomic E-state index is 0. The van der Waals surface area contributed by atoms with Gasteiger partial charge in [0.15, 0.2) is 17.5 Å². The van der Waals surface area contributed by atoms with Crippen LogP contribution in [-0.2, 0) is 32.7 Å². The van der Waals surface area contributed by atoms with Crippen LogP contribution in [0, 0.1) is 69.2 Å². The quantitative estimate of drug-likeness (QED) is 0.282. The number of aromatic nitrogens is 3. The Morgan fingerprint density at radius 1 is 0.474 bits per heavy atom. The molecule has 0 fully saturated rings. The Bertz CT molecular complexity index is 1420. The third kappa shape index (κ3) is 5.14. The van der Waals surface area contributed by atoms with Gasteiger partial charge < -0.3 is 15.7 Å². The average molecular weight is 589 g/mol. The Morgan fingerprint density at radius 2 is 0.789 bits per heavy atom. The van der Waals surface area contributed by atoms with Gasteiger partial charge >= 0.3 is 0 Å². The molecule has 0 unspecified atom stereocenters. The molecule has 38 heavy (non-hydrogen) atoms. The normalized spacial score (nSPS) is 10.7. The molecule has 7 heteroatoms. The smallest absolute Gasteiger partial charge is 0.167 e. The molecular formula is C31H37N3O3Y. The molecule has 0 bridgehead atoms. The van der Waals surface area contributed by atoms with Crippen molar-refractivity contribution in [2.45, 2.75) is 69.2 Å². The molecule has 4 N–H and O–H groups in total. The Kier molecular flexibility index (Phi) is 9.64. The summed E-state index contributed by atoms with van der Waals surface area (Å²) in [4.78, 5) is 14.8. The van der Waals surface area contributed by atoms with Crippen LogP contribution in [0.3, 0.4) is 0 Å². The van der Waals surface area contributed by atoms with Crippen LogP contribution in [0.1, 0.15) is 55.6 Å². The van der Waals surface area contributed by atoms with Gasteiger partial charge in [-0.3, -0.25) is 0 Å². The van der Waals surface area contributed by atoms with Gasteiger partial charge in [-0.2, -0.15) is 0 Å². The Labute approximate surface area is 250 Å². The van der Waals surface area contributed by atoms with Gasteiger partial charge in [0.1, 0.15) is 11.5 Å². The van der Waals surface area contributed by atoms with E-state index in [0.29, 0.717) is 23.0 Å². The Hall–Kier alpha value is -2.67. The molecule has 1 heterocycles. The molecule has 1 radical (unpaired) electrons. The average Bonchev–Trinajstić information content (AvgIpc) is 2.84. The number of benzene rings is 3. The fraction of sp³-hybridized carbons (Fsp3) is 0.323. The van der Waals surface area contributed by atoms with E-state index in [1.165, 1.54) is 45.5 Å². The predicted molar refractivity (Wildman–Crippen MR) is 150 cm³/mol. The number of hydrogen-bond donors (Lipinski definition) is 2. The number of rotatable bonds is 3. The number of hydrogen-bond acceptors (Lipinski definition) is 5. The van der Waals surface area contributed by atoms with E-state index < -0.39 is 0 Å².